The van der Waals surface area contributed by atoms with Crippen LogP contribution in [-0.2, 0) is 6.54 Å². The number of rotatable bonds is 3. The lowest BCUT2D eigenvalue weighted by Gasteiger charge is -1.99. The van der Waals surface area contributed by atoms with Gasteiger partial charge in [-0.1, -0.05) is 13.3 Å². The molecule has 0 spiro atoms. The van der Waals surface area contributed by atoms with E-state index in [9.17, 15) is 14.4 Å². The molecule has 0 aliphatic rings. The maximum atomic E-state index is 11.1. The SMILES string of the molecule is CCCCn1c(=O)[nH]c(=O)[nH]c1=O. The van der Waals surface area contributed by atoms with E-state index >= 15 is 0 Å². The third-order valence-electron chi connectivity index (χ3n) is 1.67. The highest BCUT2D eigenvalue weighted by Gasteiger charge is 2.00. The van der Waals surface area contributed by atoms with E-state index in [0.29, 0.717) is 6.54 Å². The summed E-state index contributed by atoms with van der Waals surface area (Å²) >= 11 is 0. The molecule has 0 saturated carbocycles. The van der Waals surface area contributed by atoms with Gasteiger partial charge >= 0.3 is 17.1 Å². The van der Waals surface area contributed by atoms with Crippen molar-refractivity contribution in [1.29, 1.82) is 0 Å². The van der Waals surface area contributed by atoms with E-state index in [1.165, 1.54) is 0 Å². The Hall–Kier alpha value is -1.59. The van der Waals surface area contributed by atoms with Crippen molar-refractivity contribution in [3.05, 3.63) is 31.5 Å². The van der Waals surface area contributed by atoms with Gasteiger partial charge in [0.1, 0.15) is 0 Å². The van der Waals surface area contributed by atoms with Crippen LogP contribution in [0, 0.1) is 0 Å². The van der Waals surface area contributed by atoms with E-state index in [0.717, 1.165) is 17.4 Å². The molecule has 0 bridgehead atoms. The number of hydrogen-bond acceptors (Lipinski definition) is 3. The van der Waals surface area contributed by atoms with Crippen molar-refractivity contribution in [3.8, 4) is 0 Å². The first kappa shape index (κ1) is 9.50. The average Bonchev–Trinajstić information content (AvgIpc) is 2.02. The van der Waals surface area contributed by atoms with Gasteiger partial charge in [0, 0.05) is 6.54 Å². The number of nitrogens with one attached hydrogen (secondary N) is 2. The van der Waals surface area contributed by atoms with Crippen LogP contribution in [-0.4, -0.2) is 14.5 Å². The fourth-order valence-electron chi connectivity index (χ4n) is 0.972. The van der Waals surface area contributed by atoms with Gasteiger partial charge in [-0.3, -0.25) is 9.97 Å². The van der Waals surface area contributed by atoms with Gasteiger partial charge in [0.25, 0.3) is 0 Å². The largest absolute Gasteiger partial charge is 0.333 e. The van der Waals surface area contributed by atoms with Gasteiger partial charge in [-0.05, 0) is 6.42 Å². The Morgan fingerprint density at radius 1 is 1.15 bits per heavy atom. The zero-order valence-electron chi connectivity index (χ0n) is 7.29. The second kappa shape index (κ2) is 3.88. The van der Waals surface area contributed by atoms with Crippen LogP contribution in [0.15, 0.2) is 14.4 Å². The third kappa shape index (κ3) is 2.17. The Balaban J connectivity index is 3.15. The second-order valence-corrected chi connectivity index (χ2v) is 2.69. The van der Waals surface area contributed by atoms with Crippen LogP contribution in [0.25, 0.3) is 0 Å². The summed E-state index contributed by atoms with van der Waals surface area (Å²) in [4.78, 5) is 36.7. The van der Waals surface area contributed by atoms with E-state index in [4.69, 9.17) is 0 Å². The summed E-state index contributed by atoms with van der Waals surface area (Å²) in [5, 5.41) is 0. The van der Waals surface area contributed by atoms with Crippen LogP contribution in [0.1, 0.15) is 19.8 Å². The molecule has 72 valence electrons. The summed E-state index contributed by atoms with van der Waals surface area (Å²) < 4.78 is 0.977. The molecule has 0 fully saturated rings. The standard InChI is InChI=1S/C7H11N3O3/c1-2-3-4-10-6(12)8-5(11)9-7(10)13/h2-4H2,1H3,(H2,8,9,11,12,13). The lowest BCUT2D eigenvalue weighted by atomic mass is 10.3. The van der Waals surface area contributed by atoms with Crippen molar-refractivity contribution >= 4 is 0 Å². The zero-order chi connectivity index (χ0) is 9.84. The molecule has 1 aromatic heterocycles. The van der Waals surface area contributed by atoms with E-state index in [-0.39, 0.29) is 0 Å². The van der Waals surface area contributed by atoms with Crippen LogP contribution in [0.3, 0.4) is 0 Å². The van der Waals surface area contributed by atoms with Crippen LogP contribution in [0.4, 0.5) is 0 Å². The molecule has 0 amide bonds. The summed E-state index contributed by atoms with van der Waals surface area (Å²) in [7, 11) is 0. The lowest BCUT2D eigenvalue weighted by molar-refractivity contribution is 0.560. The van der Waals surface area contributed by atoms with Gasteiger partial charge in [0.15, 0.2) is 0 Å². The van der Waals surface area contributed by atoms with E-state index in [2.05, 4.69) is 0 Å². The number of aromatic amines is 2. The molecular formula is C7H11N3O3. The monoisotopic (exact) mass is 185 g/mol. The Bertz CT molecular complexity index is 405. The summed E-state index contributed by atoms with van der Waals surface area (Å²) in [6.45, 7) is 2.28. The highest BCUT2D eigenvalue weighted by Crippen LogP contribution is 1.85. The molecule has 0 aliphatic carbocycles. The topological polar surface area (TPSA) is 87.7 Å². The van der Waals surface area contributed by atoms with Crippen molar-refractivity contribution in [2.45, 2.75) is 26.3 Å². The second-order valence-electron chi connectivity index (χ2n) is 2.69. The predicted octanol–water partition coefficient (Wildman–Crippen LogP) is -0.975. The van der Waals surface area contributed by atoms with Crippen molar-refractivity contribution in [1.82, 2.24) is 14.5 Å². The van der Waals surface area contributed by atoms with Crippen molar-refractivity contribution < 1.29 is 0 Å². The molecule has 6 heteroatoms. The molecule has 0 aromatic carbocycles. The molecule has 1 heterocycles. The molecule has 0 radical (unpaired) electrons. The van der Waals surface area contributed by atoms with Gasteiger partial charge in [0.05, 0.1) is 0 Å². The normalized spacial score (nSPS) is 10.2. The van der Waals surface area contributed by atoms with Crippen LogP contribution < -0.4 is 17.1 Å². The van der Waals surface area contributed by atoms with Crippen LogP contribution in [0.2, 0.25) is 0 Å². The first-order chi connectivity index (χ1) is 6.15. The van der Waals surface area contributed by atoms with Crippen LogP contribution >= 0.6 is 0 Å². The molecule has 1 aromatic rings. The first-order valence-electron chi connectivity index (χ1n) is 4.08. The Kier molecular flexibility index (Phi) is 2.84. The number of unbranched alkanes of at least 4 members (excludes halogenated alkanes) is 1. The zero-order valence-corrected chi connectivity index (χ0v) is 7.29. The van der Waals surface area contributed by atoms with Gasteiger partial charge < -0.3 is 0 Å². The van der Waals surface area contributed by atoms with Crippen molar-refractivity contribution in [3.63, 3.8) is 0 Å². The third-order valence-corrected chi connectivity index (χ3v) is 1.67. The van der Waals surface area contributed by atoms with Crippen molar-refractivity contribution in [2.24, 2.45) is 0 Å². The number of H-pyrrole nitrogens is 2. The molecule has 6 nitrogen and oxygen atoms in total. The molecule has 0 saturated heterocycles. The minimum absolute atomic E-state index is 0.335. The molecular weight excluding hydrogens is 174 g/mol. The minimum Gasteiger partial charge on any atom is -0.259 e. The first-order valence-corrected chi connectivity index (χ1v) is 4.08. The van der Waals surface area contributed by atoms with Gasteiger partial charge in [-0.25, -0.2) is 19.0 Å². The smallest absolute Gasteiger partial charge is 0.259 e. The number of aromatic nitrogens is 3. The highest BCUT2D eigenvalue weighted by atomic mass is 16.2. The molecule has 13 heavy (non-hydrogen) atoms. The Morgan fingerprint density at radius 2 is 1.69 bits per heavy atom. The van der Waals surface area contributed by atoms with Crippen LogP contribution in [0.5, 0.6) is 0 Å². The quantitative estimate of drug-likeness (QED) is 0.634. The molecule has 0 aliphatic heterocycles. The summed E-state index contributed by atoms with van der Waals surface area (Å²) in [6.07, 6.45) is 1.61. The lowest BCUT2D eigenvalue weighted by Crippen LogP contribution is -2.43. The minimum atomic E-state index is -0.761. The van der Waals surface area contributed by atoms with E-state index in [1.54, 1.807) is 0 Å². The summed E-state index contributed by atoms with van der Waals surface area (Å²) in [6, 6.07) is 0. The molecule has 0 unspecified atom stereocenters. The Labute approximate surface area is 73.2 Å². The number of nitrogens with zero attached hydrogens (tertiary/aromatic N) is 1. The van der Waals surface area contributed by atoms with Crippen molar-refractivity contribution in [2.75, 3.05) is 0 Å². The maximum Gasteiger partial charge on any atom is 0.333 e. The predicted molar refractivity (Wildman–Crippen MR) is 46.9 cm³/mol. The van der Waals surface area contributed by atoms with Gasteiger partial charge in [0.2, 0.25) is 0 Å². The molecule has 0 atom stereocenters. The van der Waals surface area contributed by atoms with Gasteiger partial charge in [-0.15, -0.1) is 0 Å². The van der Waals surface area contributed by atoms with E-state index < -0.39 is 17.1 Å². The molecule has 2 N–H and O–H groups in total. The maximum absolute atomic E-state index is 11.1. The van der Waals surface area contributed by atoms with Gasteiger partial charge in [-0.2, -0.15) is 0 Å². The molecule has 1 rings (SSSR count). The highest BCUT2D eigenvalue weighted by molar-refractivity contribution is 4.68. The summed E-state index contributed by atoms with van der Waals surface area (Å²) in [5.74, 6) is 0. The summed E-state index contributed by atoms with van der Waals surface area (Å²) in [5.41, 5.74) is -2.06. The number of hydrogen-bond donors (Lipinski definition) is 2. The fourth-order valence-corrected chi connectivity index (χ4v) is 0.972. The average molecular weight is 185 g/mol. The fraction of sp³-hybridized carbons (Fsp3) is 0.571. The van der Waals surface area contributed by atoms with E-state index in [1.807, 2.05) is 16.9 Å². The Morgan fingerprint density at radius 3 is 2.15 bits per heavy atom.